The summed E-state index contributed by atoms with van der Waals surface area (Å²) in [6.45, 7) is 5.66. The lowest BCUT2D eigenvalue weighted by Crippen LogP contribution is -2.24. The van der Waals surface area contributed by atoms with Gasteiger partial charge in [-0.15, -0.1) is 6.42 Å². The van der Waals surface area contributed by atoms with Crippen LogP contribution in [0, 0.1) is 19.3 Å². The number of aryl methyl sites for hydroxylation is 1. The van der Waals surface area contributed by atoms with Crippen molar-refractivity contribution < 1.29 is 17.9 Å². The highest BCUT2D eigenvalue weighted by atomic mass is 32.2. The van der Waals surface area contributed by atoms with Crippen molar-refractivity contribution in [2.45, 2.75) is 31.8 Å². The lowest BCUT2D eigenvalue weighted by atomic mass is 10.1. The molecule has 0 aromatic heterocycles. The molecule has 2 rings (SSSR count). The van der Waals surface area contributed by atoms with Gasteiger partial charge in [0.05, 0.1) is 17.5 Å². The molecule has 0 saturated carbocycles. The van der Waals surface area contributed by atoms with Crippen LogP contribution in [0.4, 0.5) is 5.69 Å². The van der Waals surface area contributed by atoms with Crippen molar-refractivity contribution >= 4 is 21.6 Å². The number of hydrogen-bond donors (Lipinski definition) is 2. The molecule has 0 saturated heterocycles. The van der Waals surface area contributed by atoms with Crippen LogP contribution in [0.1, 0.15) is 29.8 Å². The summed E-state index contributed by atoms with van der Waals surface area (Å²) in [5, 5.41) is 2.81. The molecule has 1 amide bonds. The molecule has 0 atom stereocenters. The number of carbonyl (C=O) groups excluding carboxylic acids is 1. The largest absolute Gasteiger partial charge is 0.491 e. The van der Waals surface area contributed by atoms with E-state index in [9.17, 15) is 13.2 Å². The predicted octanol–water partition coefficient (Wildman–Crippen LogP) is 2.95. The van der Waals surface area contributed by atoms with E-state index in [-0.39, 0.29) is 23.5 Å². The summed E-state index contributed by atoms with van der Waals surface area (Å²) in [4.78, 5) is 12.5. The molecule has 0 aliphatic rings. The molecule has 27 heavy (non-hydrogen) atoms. The highest BCUT2D eigenvalue weighted by Gasteiger charge is 2.14. The van der Waals surface area contributed by atoms with Gasteiger partial charge in [-0.05, 0) is 68.8 Å². The van der Waals surface area contributed by atoms with Crippen LogP contribution in [0.25, 0.3) is 0 Å². The van der Waals surface area contributed by atoms with E-state index in [0.29, 0.717) is 11.3 Å². The summed E-state index contributed by atoms with van der Waals surface area (Å²) in [6, 6.07) is 11.0. The minimum atomic E-state index is -3.68. The Bertz CT molecular complexity index is 958. The van der Waals surface area contributed by atoms with Gasteiger partial charge in [0.1, 0.15) is 5.75 Å². The standard InChI is InChI=1S/C20H22N2O4S/c1-5-12-21-27(24,25)18-9-6-16(7-10-18)20(23)22-19-11-8-17(13-15(19)4)26-14(2)3/h1,6-11,13-14,21H,12H2,2-4H3,(H,22,23). The second kappa shape index (κ2) is 8.71. The third-order valence-corrected chi connectivity index (χ3v) is 5.03. The molecule has 0 unspecified atom stereocenters. The summed E-state index contributed by atoms with van der Waals surface area (Å²) in [6.07, 6.45) is 5.12. The zero-order valence-electron chi connectivity index (χ0n) is 15.4. The van der Waals surface area contributed by atoms with E-state index < -0.39 is 10.0 Å². The summed E-state index contributed by atoms with van der Waals surface area (Å²) in [5.41, 5.74) is 1.86. The van der Waals surface area contributed by atoms with Gasteiger partial charge in [0, 0.05) is 11.3 Å². The number of nitrogens with one attached hydrogen (secondary N) is 2. The zero-order valence-corrected chi connectivity index (χ0v) is 16.3. The van der Waals surface area contributed by atoms with E-state index in [0.717, 1.165) is 11.3 Å². The van der Waals surface area contributed by atoms with Crippen LogP contribution in [0.3, 0.4) is 0 Å². The fourth-order valence-corrected chi connectivity index (χ4v) is 3.26. The van der Waals surface area contributed by atoms with Gasteiger partial charge in [-0.1, -0.05) is 5.92 Å². The molecule has 2 N–H and O–H groups in total. The topological polar surface area (TPSA) is 84.5 Å². The molecule has 0 heterocycles. The molecule has 0 bridgehead atoms. The molecular formula is C20H22N2O4S. The number of anilines is 1. The Morgan fingerprint density at radius 2 is 1.85 bits per heavy atom. The van der Waals surface area contributed by atoms with Gasteiger partial charge in [-0.3, -0.25) is 4.79 Å². The fourth-order valence-electron chi connectivity index (χ4n) is 2.32. The molecule has 142 valence electrons. The van der Waals surface area contributed by atoms with E-state index in [1.54, 1.807) is 12.1 Å². The number of hydrogen-bond acceptors (Lipinski definition) is 4. The Kier molecular flexibility index (Phi) is 6.61. The zero-order chi connectivity index (χ0) is 20.0. The second-order valence-electron chi connectivity index (χ2n) is 6.15. The Balaban J connectivity index is 2.12. The number of terminal acetylenes is 1. The molecule has 0 aliphatic heterocycles. The number of sulfonamides is 1. The van der Waals surface area contributed by atoms with Crippen molar-refractivity contribution in [3.05, 3.63) is 53.6 Å². The first-order valence-electron chi connectivity index (χ1n) is 8.35. The molecule has 0 aliphatic carbocycles. The summed E-state index contributed by atoms with van der Waals surface area (Å²) >= 11 is 0. The van der Waals surface area contributed by atoms with Crippen molar-refractivity contribution in [1.29, 1.82) is 0 Å². The van der Waals surface area contributed by atoms with E-state index in [2.05, 4.69) is 16.0 Å². The summed E-state index contributed by atoms with van der Waals surface area (Å²) < 4.78 is 31.9. The Morgan fingerprint density at radius 3 is 2.41 bits per heavy atom. The van der Waals surface area contributed by atoms with E-state index in [1.807, 2.05) is 26.8 Å². The third kappa shape index (κ3) is 5.58. The lowest BCUT2D eigenvalue weighted by Gasteiger charge is -2.13. The first-order chi connectivity index (χ1) is 12.7. The van der Waals surface area contributed by atoms with Crippen LogP contribution >= 0.6 is 0 Å². The second-order valence-corrected chi connectivity index (χ2v) is 7.92. The van der Waals surface area contributed by atoms with E-state index >= 15 is 0 Å². The average molecular weight is 386 g/mol. The van der Waals surface area contributed by atoms with Gasteiger partial charge in [-0.25, -0.2) is 8.42 Å². The molecule has 0 spiro atoms. The average Bonchev–Trinajstić information content (AvgIpc) is 2.62. The van der Waals surface area contributed by atoms with Gasteiger partial charge >= 0.3 is 0 Å². The van der Waals surface area contributed by atoms with Gasteiger partial charge in [0.25, 0.3) is 5.91 Å². The maximum absolute atomic E-state index is 12.4. The van der Waals surface area contributed by atoms with Crippen LogP contribution in [0.2, 0.25) is 0 Å². The molecule has 2 aromatic carbocycles. The van der Waals surface area contributed by atoms with Crippen molar-refractivity contribution in [2.24, 2.45) is 0 Å². The first kappa shape index (κ1) is 20.5. The maximum atomic E-state index is 12.4. The van der Waals surface area contributed by atoms with Crippen molar-refractivity contribution in [3.8, 4) is 18.1 Å². The molecule has 0 radical (unpaired) electrons. The molecular weight excluding hydrogens is 364 g/mol. The molecule has 2 aromatic rings. The van der Waals surface area contributed by atoms with Gasteiger partial charge in [-0.2, -0.15) is 4.72 Å². The van der Waals surface area contributed by atoms with Gasteiger partial charge < -0.3 is 10.1 Å². The maximum Gasteiger partial charge on any atom is 0.255 e. The highest BCUT2D eigenvalue weighted by Crippen LogP contribution is 2.23. The summed E-state index contributed by atoms with van der Waals surface area (Å²) in [5.74, 6) is 2.60. The lowest BCUT2D eigenvalue weighted by molar-refractivity contribution is 0.102. The van der Waals surface area contributed by atoms with Crippen molar-refractivity contribution in [3.63, 3.8) is 0 Å². The van der Waals surface area contributed by atoms with E-state index in [1.165, 1.54) is 24.3 Å². The fraction of sp³-hybridized carbons (Fsp3) is 0.250. The van der Waals surface area contributed by atoms with Crippen LogP contribution in [-0.4, -0.2) is 27.0 Å². The minimum absolute atomic E-state index is 0.0423. The van der Waals surface area contributed by atoms with Crippen LogP contribution in [-0.2, 0) is 10.0 Å². The normalized spacial score (nSPS) is 11.1. The molecule has 0 fully saturated rings. The van der Waals surface area contributed by atoms with Gasteiger partial charge in [0.2, 0.25) is 10.0 Å². The van der Waals surface area contributed by atoms with Crippen LogP contribution in [0.15, 0.2) is 47.4 Å². The minimum Gasteiger partial charge on any atom is -0.491 e. The SMILES string of the molecule is C#CCNS(=O)(=O)c1ccc(C(=O)Nc2ccc(OC(C)C)cc2C)cc1. The predicted molar refractivity (Wildman–Crippen MR) is 105 cm³/mol. The highest BCUT2D eigenvalue weighted by molar-refractivity contribution is 7.89. The molecule has 7 heteroatoms. The van der Waals surface area contributed by atoms with Crippen molar-refractivity contribution in [2.75, 3.05) is 11.9 Å². The van der Waals surface area contributed by atoms with Crippen molar-refractivity contribution in [1.82, 2.24) is 4.72 Å². The number of rotatable bonds is 7. The molecule has 6 nitrogen and oxygen atoms in total. The van der Waals surface area contributed by atoms with Crippen LogP contribution < -0.4 is 14.8 Å². The first-order valence-corrected chi connectivity index (χ1v) is 9.83. The summed E-state index contributed by atoms with van der Waals surface area (Å²) in [7, 11) is -3.68. The van der Waals surface area contributed by atoms with Gasteiger partial charge in [0.15, 0.2) is 0 Å². The number of ether oxygens (including phenoxy) is 1. The Morgan fingerprint density at radius 1 is 1.19 bits per heavy atom. The Hall–Kier alpha value is -2.82. The number of benzene rings is 2. The Labute approximate surface area is 160 Å². The smallest absolute Gasteiger partial charge is 0.255 e. The third-order valence-electron chi connectivity index (χ3n) is 3.61. The number of amides is 1. The van der Waals surface area contributed by atoms with Crippen LogP contribution in [0.5, 0.6) is 5.75 Å². The quantitative estimate of drug-likeness (QED) is 0.717. The number of carbonyl (C=O) groups is 1. The monoisotopic (exact) mass is 386 g/mol. The van der Waals surface area contributed by atoms with E-state index in [4.69, 9.17) is 11.2 Å².